The summed E-state index contributed by atoms with van der Waals surface area (Å²) in [4.78, 5) is 38.3. The van der Waals surface area contributed by atoms with E-state index in [2.05, 4.69) is 20.9 Å². The highest BCUT2D eigenvalue weighted by molar-refractivity contribution is 7.80. The number of non-ortho nitro benzene ring substituents is 1. The predicted molar refractivity (Wildman–Crippen MR) is 123 cm³/mol. The van der Waals surface area contributed by atoms with Gasteiger partial charge in [0.1, 0.15) is 11.3 Å². The predicted octanol–water partition coefficient (Wildman–Crippen LogP) is 4.08. The number of benzene rings is 2. The lowest BCUT2D eigenvalue weighted by molar-refractivity contribution is -0.384. The van der Waals surface area contributed by atoms with Crippen molar-refractivity contribution in [3.05, 3.63) is 70.5 Å². The zero-order valence-electron chi connectivity index (χ0n) is 16.9. The van der Waals surface area contributed by atoms with Crippen molar-refractivity contribution < 1.29 is 23.3 Å². The molecule has 0 saturated heterocycles. The molecule has 0 fully saturated rings. The van der Waals surface area contributed by atoms with Gasteiger partial charge in [-0.2, -0.15) is 4.98 Å². The topological polar surface area (TPSA) is 153 Å². The third-order valence-electron chi connectivity index (χ3n) is 4.33. The average Bonchev–Trinajstić information content (AvgIpc) is 3.40. The van der Waals surface area contributed by atoms with Crippen molar-refractivity contribution in [3.8, 4) is 11.3 Å². The van der Waals surface area contributed by atoms with Crippen LogP contribution < -0.4 is 16.0 Å². The summed E-state index contributed by atoms with van der Waals surface area (Å²) in [6.45, 7) is 1.39. The molecule has 0 unspecified atom stereocenters. The van der Waals surface area contributed by atoms with E-state index in [0.29, 0.717) is 22.4 Å². The lowest BCUT2D eigenvalue weighted by Gasteiger charge is -2.04. The number of fused-ring (bicyclic) bond motifs is 1. The zero-order chi connectivity index (χ0) is 23.5. The van der Waals surface area contributed by atoms with Crippen LogP contribution in [0, 0.1) is 10.1 Å². The minimum atomic E-state index is -0.631. The number of furan rings is 1. The van der Waals surface area contributed by atoms with E-state index in [4.69, 9.17) is 21.1 Å². The Balaban J connectivity index is 1.42. The van der Waals surface area contributed by atoms with Crippen LogP contribution in [0.3, 0.4) is 0 Å². The molecule has 2 heterocycles. The first-order valence-electron chi connectivity index (χ1n) is 9.43. The molecule has 4 rings (SSSR count). The lowest BCUT2D eigenvalue weighted by atomic mass is 10.1. The molecule has 0 bridgehead atoms. The number of hydrogen-bond donors (Lipinski definition) is 3. The number of carbonyl (C=O) groups excluding carboxylic acids is 2. The third-order valence-corrected chi connectivity index (χ3v) is 4.53. The largest absolute Gasteiger partial charge is 0.451 e. The van der Waals surface area contributed by atoms with Crippen LogP contribution in [0.15, 0.2) is 63.4 Å². The molecule has 12 heteroatoms. The van der Waals surface area contributed by atoms with Gasteiger partial charge in [-0.05, 0) is 36.5 Å². The maximum Gasteiger partial charge on any atom is 0.302 e. The molecule has 166 valence electrons. The molecule has 2 aromatic heterocycles. The number of nitrogens with zero attached hydrogens (tertiary/aromatic N) is 2. The summed E-state index contributed by atoms with van der Waals surface area (Å²) in [5.74, 6) is -0.606. The standard InChI is InChI=1S/C21H15N5O6S/c1-11(27)22-13-5-6-15-18(10-13)32-20(23-15)25-21(33)24-19(28)17-8-7-16(31-17)12-3-2-4-14(9-12)26(29)30/h2-10H,1H3,(H,22,27)(H2,23,24,25,28,33). The number of aromatic nitrogens is 1. The number of rotatable bonds is 5. The second-order valence-corrected chi connectivity index (χ2v) is 7.17. The van der Waals surface area contributed by atoms with E-state index in [1.165, 1.54) is 37.3 Å². The highest BCUT2D eigenvalue weighted by Crippen LogP contribution is 2.26. The maximum atomic E-state index is 12.5. The maximum absolute atomic E-state index is 12.5. The molecule has 0 radical (unpaired) electrons. The highest BCUT2D eigenvalue weighted by atomic mass is 32.1. The molecule has 0 saturated carbocycles. The summed E-state index contributed by atoms with van der Waals surface area (Å²) in [5.41, 5.74) is 1.83. The minimum Gasteiger partial charge on any atom is -0.451 e. The monoisotopic (exact) mass is 465 g/mol. The van der Waals surface area contributed by atoms with E-state index < -0.39 is 10.8 Å². The molecular weight excluding hydrogens is 450 g/mol. The quantitative estimate of drug-likeness (QED) is 0.225. The highest BCUT2D eigenvalue weighted by Gasteiger charge is 2.16. The Bertz CT molecular complexity index is 1410. The molecule has 0 atom stereocenters. The summed E-state index contributed by atoms with van der Waals surface area (Å²) in [6.07, 6.45) is 0. The molecule has 2 amide bonds. The van der Waals surface area contributed by atoms with Crippen molar-refractivity contribution in [2.24, 2.45) is 0 Å². The van der Waals surface area contributed by atoms with Crippen LogP contribution in [0.4, 0.5) is 17.4 Å². The van der Waals surface area contributed by atoms with Gasteiger partial charge in [-0.3, -0.25) is 30.3 Å². The number of oxazole rings is 1. The van der Waals surface area contributed by atoms with Crippen molar-refractivity contribution in [2.75, 3.05) is 10.6 Å². The Kier molecular flexibility index (Phi) is 5.83. The molecule has 11 nitrogen and oxygen atoms in total. The van der Waals surface area contributed by atoms with Gasteiger partial charge in [-0.15, -0.1) is 0 Å². The molecule has 4 aromatic rings. The molecular formula is C21H15N5O6S. The number of nitrogens with one attached hydrogen (secondary N) is 3. The summed E-state index contributed by atoms with van der Waals surface area (Å²) >= 11 is 5.13. The normalized spacial score (nSPS) is 10.6. The summed E-state index contributed by atoms with van der Waals surface area (Å²) in [5, 5.41) is 18.6. The summed E-state index contributed by atoms with van der Waals surface area (Å²) in [6, 6.07) is 13.8. The van der Waals surface area contributed by atoms with Crippen LogP contribution in [0.25, 0.3) is 22.4 Å². The Labute approximate surface area is 190 Å². The van der Waals surface area contributed by atoms with Crippen LogP contribution in [-0.4, -0.2) is 26.8 Å². The lowest BCUT2D eigenvalue weighted by Crippen LogP contribution is -2.33. The number of carbonyl (C=O) groups is 2. The van der Waals surface area contributed by atoms with Crippen molar-refractivity contribution in [1.82, 2.24) is 10.3 Å². The van der Waals surface area contributed by atoms with Crippen LogP contribution in [0.2, 0.25) is 0 Å². The van der Waals surface area contributed by atoms with Crippen LogP contribution >= 0.6 is 12.2 Å². The first-order valence-corrected chi connectivity index (χ1v) is 9.84. The Hall–Kier alpha value is -4.58. The molecule has 3 N–H and O–H groups in total. The fourth-order valence-corrected chi connectivity index (χ4v) is 3.12. The van der Waals surface area contributed by atoms with Gasteiger partial charge in [0.15, 0.2) is 16.5 Å². The second kappa shape index (κ2) is 8.88. The minimum absolute atomic E-state index is 0.0434. The number of amides is 2. The van der Waals surface area contributed by atoms with Crippen molar-refractivity contribution in [1.29, 1.82) is 0 Å². The van der Waals surface area contributed by atoms with Crippen LogP contribution in [0.5, 0.6) is 0 Å². The van der Waals surface area contributed by atoms with Gasteiger partial charge < -0.3 is 14.2 Å². The van der Waals surface area contributed by atoms with Crippen LogP contribution in [-0.2, 0) is 4.79 Å². The number of nitro benzene ring substituents is 1. The van der Waals surface area contributed by atoms with Gasteiger partial charge in [-0.25, -0.2) is 0 Å². The molecule has 0 aliphatic rings. The third kappa shape index (κ3) is 5.02. The van der Waals surface area contributed by atoms with Crippen LogP contribution in [0.1, 0.15) is 17.5 Å². The Morgan fingerprint density at radius 2 is 1.88 bits per heavy atom. The molecule has 33 heavy (non-hydrogen) atoms. The van der Waals surface area contributed by atoms with Gasteiger partial charge in [-0.1, -0.05) is 12.1 Å². The number of hydrogen-bond acceptors (Lipinski definition) is 8. The first-order chi connectivity index (χ1) is 15.8. The number of thiocarbonyl (C=S) groups is 1. The first kappa shape index (κ1) is 21.6. The van der Waals surface area contributed by atoms with E-state index >= 15 is 0 Å². The van der Waals surface area contributed by atoms with Gasteiger partial charge in [0.25, 0.3) is 11.6 Å². The average molecular weight is 465 g/mol. The zero-order valence-corrected chi connectivity index (χ0v) is 17.8. The smallest absolute Gasteiger partial charge is 0.302 e. The molecule has 0 aliphatic carbocycles. The van der Waals surface area contributed by atoms with E-state index in [0.717, 1.165) is 0 Å². The van der Waals surface area contributed by atoms with E-state index in [1.807, 2.05) is 0 Å². The van der Waals surface area contributed by atoms with Gasteiger partial charge in [0.2, 0.25) is 5.91 Å². The molecule has 0 aliphatic heterocycles. The van der Waals surface area contributed by atoms with Crippen molar-refractivity contribution >= 4 is 57.6 Å². The number of nitro groups is 1. The Morgan fingerprint density at radius 1 is 1.06 bits per heavy atom. The number of anilines is 2. The molecule has 2 aromatic carbocycles. The fourth-order valence-electron chi connectivity index (χ4n) is 2.94. The molecule has 0 spiro atoms. The van der Waals surface area contributed by atoms with Gasteiger partial charge in [0, 0.05) is 36.4 Å². The Morgan fingerprint density at radius 3 is 2.64 bits per heavy atom. The van der Waals surface area contributed by atoms with Gasteiger partial charge in [0.05, 0.1) is 4.92 Å². The summed E-state index contributed by atoms with van der Waals surface area (Å²) in [7, 11) is 0. The fraction of sp³-hybridized carbons (Fsp3) is 0.0476. The van der Waals surface area contributed by atoms with E-state index in [-0.39, 0.29) is 34.2 Å². The van der Waals surface area contributed by atoms with E-state index in [9.17, 15) is 19.7 Å². The van der Waals surface area contributed by atoms with Gasteiger partial charge >= 0.3 is 6.01 Å². The van der Waals surface area contributed by atoms with Crippen molar-refractivity contribution in [3.63, 3.8) is 0 Å². The summed E-state index contributed by atoms with van der Waals surface area (Å²) < 4.78 is 11.1. The SMILES string of the molecule is CC(=O)Nc1ccc2nc(NC(=S)NC(=O)c3ccc(-c4cccc([N+](=O)[O-])c4)o3)oc2c1. The van der Waals surface area contributed by atoms with Crippen molar-refractivity contribution in [2.45, 2.75) is 6.92 Å². The second-order valence-electron chi connectivity index (χ2n) is 6.76. The van der Waals surface area contributed by atoms with E-state index in [1.54, 1.807) is 24.3 Å².